The maximum Gasteiger partial charge on any atom is 1.00 e. The van der Waals surface area contributed by atoms with Crippen LogP contribution in [0.2, 0.25) is 0 Å². The second-order valence-electron chi connectivity index (χ2n) is 1.75. The SMILES string of the molecule is CCC(C(=O)[O-])C(O)O.[K+]. The van der Waals surface area contributed by atoms with Gasteiger partial charge in [-0.2, -0.15) is 0 Å². The number of rotatable bonds is 3. The van der Waals surface area contributed by atoms with E-state index in [1.807, 2.05) is 0 Å². The molecule has 4 nitrogen and oxygen atoms in total. The van der Waals surface area contributed by atoms with Crippen molar-refractivity contribution in [2.24, 2.45) is 5.92 Å². The summed E-state index contributed by atoms with van der Waals surface area (Å²) in [7, 11) is 0. The number of hydrogen-bond donors (Lipinski definition) is 2. The van der Waals surface area contributed by atoms with Crippen molar-refractivity contribution in [1.29, 1.82) is 0 Å². The maximum atomic E-state index is 9.94. The Kier molecular flexibility index (Phi) is 9.14. The van der Waals surface area contributed by atoms with Crippen LogP contribution in [0, 0.1) is 5.92 Å². The van der Waals surface area contributed by atoms with Crippen LogP contribution in [-0.2, 0) is 4.79 Å². The Balaban J connectivity index is 0. The van der Waals surface area contributed by atoms with Crippen LogP contribution in [-0.4, -0.2) is 22.5 Å². The summed E-state index contributed by atoms with van der Waals surface area (Å²) in [5.41, 5.74) is 0. The van der Waals surface area contributed by atoms with Gasteiger partial charge in [0.1, 0.15) is 0 Å². The largest absolute Gasteiger partial charge is 1.00 e. The van der Waals surface area contributed by atoms with E-state index < -0.39 is 18.2 Å². The number of hydrogen-bond acceptors (Lipinski definition) is 4. The molecule has 0 aliphatic carbocycles. The predicted octanol–water partition coefficient (Wildman–Crippen LogP) is -4.92. The van der Waals surface area contributed by atoms with Crippen LogP contribution in [0.4, 0.5) is 0 Å². The fourth-order valence-electron chi connectivity index (χ4n) is 0.499. The number of aliphatic hydroxyl groups is 2. The molecule has 0 fully saturated rings. The molecule has 0 rings (SSSR count). The Morgan fingerprint density at radius 3 is 2.00 bits per heavy atom. The molecule has 0 amide bonds. The number of aliphatic hydroxyl groups excluding tert-OH is 1. The topological polar surface area (TPSA) is 80.6 Å². The van der Waals surface area contributed by atoms with E-state index in [1.165, 1.54) is 0 Å². The molecule has 0 saturated heterocycles. The van der Waals surface area contributed by atoms with E-state index in [1.54, 1.807) is 6.92 Å². The minimum atomic E-state index is -1.81. The molecule has 5 heteroatoms. The Morgan fingerprint density at radius 1 is 1.60 bits per heavy atom. The van der Waals surface area contributed by atoms with Crippen molar-refractivity contribution in [1.82, 2.24) is 0 Å². The molecular weight excluding hydrogens is 163 g/mol. The summed E-state index contributed by atoms with van der Waals surface area (Å²) in [6, 6.07) is 0. The van der Waals surface area contributed by atoms with Crippen LogP contribution < -0.4 is 56.5 Å². The van der Waals surface area contributed by atoms with Crippen LogP contribution in [0.5, 0.6) is 0 Å². The third kappa shape index (κ3) is 4.78. The van der Waals surface area contributed by atoms with Crippen molar-refractivity contribution in [2.75, 3.05) is 0 Å². The number of aliphatic carboxylic acids is 1. The van der Waals surface area contributed by atoms with E-state index in [2.05, 4.69) is 0 Å². The first kappa shape index (κ1) is 13.6. The van der Waals surface area contributed by atoms with Crippen molar-refractivity contribution in [3.05, 3.63) is 0 Å². The fourth-order valence-corrected chi connectivity index (χ4v) is 0.499. The molecule has 0 bridgehead atoms. The van der Waals surface area contributed by atoms with E-state index in [0.717, 1.165) is 0 Å². The molecule has 54 valence electrons. The molecule has 0 aromatic heterocycles. The summed E-state index contributed by atoms with van der Waals surface area (Å²) in [5, 5.41) is 26.6. The van der Waals surface area contributed by atoms with Crippen LogP contribution in [0.1, 0.15) is 13.3 Å². The third-order valence-corrected chi connectivity index (χ3v) is 1.10. The summed E-state index contributed by atoms with van der Waals surface area (Å²) in [6.07, 6.45) is -1.64. The van der Waals surface area contributed by atoms with Gasteiger partial charge in [-0.15, -0.1) is 0 Å². The molecule has 0 aromatic rings. The van der Waals surface area contributed by atoms with Crippen LogP contribution in [0.15, 0.2) is 0 Å². The standard InChI is InChI=1S/C5H10O4.K/c1-2-3(4(6)7)5(8)9;/h3-4,6-7H,2H2,1H3,(H,8,9);/q;+1/p-1. The minimum Gasteiger partial charge on any atom is -0.550 e. The molecule has 10 heavy (non-hydrogen) atoms. The van der Waals surface area contributed by atoms with Gasteiger partial charge < -0.3 is 20.1 Å². The quantitative estimate of drug-likeness (QED) is 0.330. The van der Waals surface area contributed by atoms with Gasteiger partial charge in [-0.3, -0.25) is 0 Å². The van der Waals surface area contributed by atoms with Crippen molar-refractivity contribution in [3.63, 3.8) is 0 Å². The average molecular weight is 172 g/mol. The average Bonchev–Trinajstić information content (AvgIpc) is 1.64. The zero-order valence-corrected chi connectivity index (χ0v) is 9.20. The van der Waals surface area contributed by atoms with Gasteiger partial charge >= 0.3 is 51.4 Å². The van der Waals surface area contributed by atoms with Gasteiger partial charge in [0.2, 0.25) is 0 Å². The molecule has 1 unspecified atom stereocenters. The van der Waals surface area contributed by atoms with E-state index in [9.17, 15) is 9.90 Å². The molecule has 0 aromatic carbocycles. The van der Waals surface area contributed by atoms with Gasteiger partial charge in [0.25, 0.3) is 0 Å². The Bertz CT molecular complexity index is 104. The van der Waals surface area contributed by atoms with Crippen molar-refractivity contribution in [2.45, 2.75) is 19.6 Å². The fraction of sp³-hybridized carbons (Fsp3) is 0.800. The summed E-state index contributed by atoms with van der Waals surface area (Å²) in [6.45, 7) is 1.54. The van der Waals surface area contributed by atoms with Gasteiger partial charge in [0.05, 0.1) is 0 Å². The first-order valence-electron chi connectivity index (χ1n) is 2.66. The summed E-state index contributed by atoms with van der Waals surface area (Å²) in [5.74, 6) is -2.59. The van der Waals surface area contributed by atoms with Crippen molar-refractivity contribution >= 4 is 5.97 Å². The van der Waals surface area contributed by atoms with E-state index in [4.69, 9.17) is 10.2 Å². The van der Waals surface area contributed by atoms with Crippen molar-refractivity contribution in [3.8, 4) is 0 Å². The van der Waals surface area contributed by atoms with Gasteiger partial charge in [-0.1, -0.05) is 6.92 Å². The molecule has 2 N–H and O–H groups in total. The van der Waals surface area contributed by atoms with Gasteiger partial charge in [0.15, 0.2) is 6.29 Å². The number of carboxylic acid groups (broad SMARTS) is 1. The molecule has 0 radical (unpaired) electrons. The summed E-state index contributed by atoms with van der Waals surface area (Å²) in [4.78, 5) is 9.94. The first-order valence-corrected chi connectivity index (χ1v) is 2.66. The predicted molar refractivity (Wildman–Crippen MR) is 27.0 cm³/mol. The summed E-state index contributed by atoms with van der Waals surface area (Å²) < 4.78 is 0. The maximum absolute atomic E-state index is 9.94. The van der Waals surface area contributed by atoms with Gasteiger partial charge in [0, 0.05) is 11.9 Å². The van der Waals surface area contributed by atoms with Gasteiger partial charge in [-0.05, 0) is 6.42 Å². The number of carbonyl (C=O) groups is 1. The monoisotopic (exact) mass is 172 g/mol. The molecule has 1 atom stereocenters. The van der Waals surface area contributed by atoms with E-state index >= 15 is 0 Å². The molecule has 0 aliphatic heterocycles. The molecule has 0 spiro atoms. The molecular formula is C5H9KO4. The molecule has 0 aliphatic rings. The van der Waals surface area contributed by atoms with E-state index in [0.29, 0.717) is 0 Å². The number of carbonyl (C=O) groups excluding carboxylic acids is 1. The number of carboxylic acids is 1. The summed E-state index contributed by atoms with van der Waals surface area (Å²) >= 11 is 0. The zero-order chi connectivity index (χ0) is 7.44. The van der Waals surface area contributed by atoms with Crippen molar-refractivity contribution < 1.29 is 71.5 Å². The Hall–Kier alpha value is 1.03. The zero-order valence-electron chi connectivity index (χ0n) is 6.07. The Morgan fingerprint density at radius 2 is 2.00 bits per heavy atom. The minimum absolute atomic E-state index is 0. The first-order chi connectivity index (χ1) is 4.09. The smallest absolute Gasteiger partial charge is 0.550 e. The molecule has 0 saturated carbocycles. The van der Waals surface area contributed by atoms with Gasteiger partial charge in [-0.25, -0.2) is 0 Å². The Labute approximate surface area is 102 Å². The second-order valence-corrected chi connectivity index (χ2v) is 1.75. The third-order valence-electron chi connectivity index (χ3n) is 1.10. The van der Waals surface area contributed by atoms with Crippen LogP contribution in [0.25, 0.3) is 0 Å². The van der Waals surface area contributed by atoms with E-state index in [-0.39, 0.29) is 57.8 Å². The normalized spacial score (nSPS) is 12.4. The van der Waals surface area contributed by atoms with Crippen LogP contribution in [0.3, 0.4) is 0 Å². The molecule has 0 heterocycles. The second kappa shape index (κ2) is 6.72. The van der Waals surface area contributed by atoms with Crippen LogP contribution >= 0.6 is 0 Å².